The van der Waals surface area contributed by atoms with E-state index in [1.54, 1.807) is 29.9 Å². The lowest BCUT2D eigenvalue weighted by Gasteiger charge is -2.07. The van der Waals surface area contributed by atoms with Crippen LogP contribution in [0.2, 0.25) is 0 Å². The van der Waals surface area contributed by atoms with Crippen molar-refractivity contribution in [1.82, 2.24) is 9.38 Å². The lowest BCUT2D eigenvalue weighted by molar-refractivity contribution is 0.0688. The minimum Gasteiger partial charge on any atom is -0.487 e. The van der Waals surface area contributed by atoms with E-state index >= 15 is 0 Å². The first-order chi connectivity index (χ1) is 10.1. The third-order valence-corrected chi connectivity index (χ3v) is 3.26. The first kappa shape index (κ1) is 13.2. The molecule has 21 heavy (non-hydrogen) atoms. The number of aryl methyl sites for hydroxylation is 1. The van der Waals surface area contributed by atoms with Crippen LogP contribution in [0.3, 0.4) is 0 Å². The number of pyridine rings is 2. The number of aromatic carboxylic acids is 1. The van der Waals surface area contributed by atoms with Crippen molar-refractivity contribution in [2.24, 2.45) is 0 Å². The molecule has 5 heteroatoms. The average molecular weight is 282 g/mol. The molecule has 0 radical (unpaired) electrons. The number of carboxylic acids is 1. The summed E-state index contributed by atoms with van der Waals surface area (Å²) in [6, 6.07) is 9.29. The van der Waals surface area contributed by atoms with Crippen LogP contribution in [-0.4, -0.2) is 20.5 Å². The highest BCUT2D eigenvalue weighted by molar-refractivity contribution is 5.89. The number of carboxylic acid groups (broad SMARTS) is 1. The molecule has 0 aliphatic rings. The summed E-state index contributed by atoms with van der Waals surface area (Å²) in [5.41, 5.74) is 2.78. The summed E-state index contributed by atoms with van der Waals surface area (Å²) in [4.78, 5) is 15.3. The fourth-order valence-electron chi connectivity index (χ4n) is 2.29. The third kappa shape index (κ3) is 2.58. The van der Waals surface area contributed by atoms with Crippen molar-refractivity contribution in [2.75, 3.05) is 0 Å². The molecule has 1 N–H and O–H groups in total. The number of aromatic nitrogens is 2. The van der Waals surface area contributed by atoms with Gasteiger partial charge in [-0.05, 0) is 36.8 Å². The molecule has 0 amide bonds. The Kier molecular flexibility index (Phi) is 3.31. The second-order valence-corrected chi connectivity index (χ2v) is 4.79. The highest BCUT2D eigenvalue weighted by Gasteiger charge is 2.14. The van der Waals surface area contributed by atoms with Gasteiger partial charge in [-0.2, -0.15) is 0 Å². The average Bonchev–Trinajstić information content (AvgIpc) is 2.81. The maximum atomic E-state index is 11.3. The third-order valence-electron chi connectivity index (χ3n) is 3.26. The molecular formula is C16H14N2O3. The van der Waals surface area contributed by atoms with E-state index < -0.39 is 5.97 Å². The van der Waals surface area contributed by atoms with E-state index in [-0.39, 0.29) is 5.69 Å². The van der Waals surface area contributed by atoms with Crippen LogP contribution in [0.5, 0.6) is 5.75 Å². The van der Waals surface area contributed by atoms with Crippen LogP contribution in [0.15, 0.2) is 48.9 Å². The van der Waals surface area contributed by atoms with Gasteiger partial charge in [0.05, 0.1) is 6.20 Å². The van der Waals surface area contributed by atoms with Gasteiger partial charge in [-0.3, -0.25) is 4.98 Å². The predicted octanol–water partition coefficient (Wildman–Crippen LogP) is 2.92. The van der Waals surface area contributed by atoms with Crippen molar-refractivity contribution in [3.05, 3.63) is 65.7 Å². The Hall–Kier alpha value is -2.82. The maximum absolute atomic E-state index is 11.3. The van der Waals surface area contributed by atoms with Crippen molar-refractivity contribution in [3.63, 3.8) is 0 Å². The molecule has 3 rings (SSSR count). The monoisotopic (exact) mass is 282 g/mol. The van der Waals surface area contributed by atoms with Gasteiger partial charge in [0.2, 0.25) is 0 Å². The number of rotatable bonds is 4. The molecule has 0 bridgehead atoms. The first-order valence-corrected chi connectivity index (χ1v) is 6.52. The second-order valence-electron chi connectivity index (χ2n) is 4.79. The highest BCUT2D eigenvalue weighted by atomic mass is 16.5. The highest BCUT2D eigenvalue weighted by Crippen LogP contribution is 2.21. The summed E-state index contributed by atoms with van der Waals surface area (Å²) in [7, 11) is 0. The van der Waals surface area contributed by atoms with E-state index in [1.165, 1.54) is 0 Å². The topological polar surface area (TPSA) is 63.8 Å². The van der Waals surface area contributed by atoms with Crippen molar-refractivity contribution in [2.45, 2.75) is 13.5 Å². The van der Waals surface area contributed by atoms with Crippen molar-refractivity contribution in [3.8, 4) is 5.75 Å². The summed E-state index contributed by atoms with van der Waals surface area (Å²) in [6.07, 6.45) is 5.14. The van der Waals surface area contributed by atoms with Gasteiger partial charge in [-0.15, -0.1) is 0 Å². The van der Waals surface area contributed by atoms with Gasteiger partial charge in [0.25, 0.3) is 0 Å². The smallest absolute Gasteiger partial charge is 0.353 e. The molecule has 0 unspecified atom stereocenters. The van der Waals surface area contributed by atoms with Crippen molar-refractivity contribution < 1.29 is 14.6 Å². The molecule has 0 saturated carbocycles. The Labute approximate surface area is 121 Å². The van der Waals surface area contributed by atoms with E-state index in [0.717, 1.165) is 16.6 Å². The van der Waals surface area contributed by atoms with Crippen LogP contribution in [0.25, 0.3) is 5.52 Å². The van der Waals surface area contributed by atoms with Crippen LogP contribution >= 0.6 is 0 Å². The summed E-state index contributed by atoms with van der Waals surface area (Å²) < 4.78 is 7.33. The lowest BCUT2D eigenvalue weighted by atomic mass is 10.3. The molecule has 0 fully saturated rings. The lowest BCUT2D eigenvalue weighted by Crippen LogP contribution is -2.04. The van der Waals surface area contributed by atoms with E-state index in [0.29, 0.717) is 12.4 Å². The molecule has 0 saturated heterocycles. The predicted molar refractivity (Wildman–Crippen MR) is 77.7 cm³/mol. The Balaban J connectivity index is 1.90. The minimum atomic E-state index is -0.947. The zero-order valence-corrected chi connectivity index (χ0v) is 11.5. The number of carbonyl (C=O) groups is 1. The van der Waals surface area contributed by atoms with Crippen LogP contribution in [0, 0.1) is 6.92 Å². The number of hydrogen-bond acceptors (Lipinski definition) is 3. The summed E-state index contributed by atoms with van der Waals surface area (Å²) >= 11 is 0. The molecule has 0 atom stereocenters. The van der Waals surface area contributed by atoms with Gasteiger partial charge in [-0.25, -0.2) is 4.79 Å². The molecule has 5 nitrogen and oxygen atoms in total. The molecule has 0 aliphatic heterocycles. The van der Waals surface area contributed by atoms with Crippen molar-refractivity contribution >= 4 is 11.5 Å². The Morgan fingerprint density at radius 3 is 2.95 bits per heavy atom. The standard InChI is InChI=1S/C16H14N2O3/c1-11-7-13-4-5-14(9-18(13)15(11)16(19)20)21-10-12-3-2-6-17-8-12/h2-9H,10H2,1H3,(H,19,20). The fourth-order valence-corrected chi connectivity index (χ4v) is 2.29. The fraction of sp³-hybridized carbons (Fsp3) is 0.125. The normalized spacial score (nSPS) is 10.7. The van der Waals surface area contributed by atoms with E-state index in [2.05, 4.69) is 4.98 Å². The summed E-state index contributed by atoms with van der Waals surface area (Å²) in [6.45, 7) is 2.18. The van der Waals surface area contributed by atoms with Gasteiger partial charge >= 0.3 is 5.97 Å². The second kappa shape index (κ2) is 5.28. The van der Waals surface area contributed by atoms with Crippen LogP contribution in [-0.2, 0) is 6.61 Å². The van der Waals surface area contributed by atoms with Crippen LogP contribution in [0.1, 0.15) is 21.6 Å². The van der Waals surface area contributed by atoms with Gasteiger partial charge in [0.15, 0.2) is 0 Å². The molecule has 3 heterocycles. The van der Waals surface area contributed by atoms with Gasteiger partial charge in [0.1, 0.15) is 18.1 Å². The Morgan fingerprint density at radius 2 is 2.24 bits per heavy atom. The molecule has 3 aromatic rings. The number of fused-ring (bicyclic) bond motifs is 1. The van der Waals surface area contributed by atoms with E-state index in [4.69, 9.17) is 4.74 Å². The number of ether oxygens (including phenoxy) is 1. The molecule has 0 spiro atoms. The summed E-state index contributed by atoms with van der Waals surface area (Å²) in [5, 5.41) is 9.28. The molecule has 0 aliphatic carbocycles. The first-order valence-electron chi connectivity index (χ1n) is 6.52. The van der Waals surface area contributed by atoms with Gasteiger partial charge < -0.3 is 14.2 Å². The van der Waals surface area contributed by atoms with Gasteiger partial charge in [-0.1, -0.05) is 6.07 Å². The molecule has 0 aromatic carbocycles. The Bertz CT molecular complexity index is 794. The molecule has 3 aromatic heterocycles. The quantitative estimate of drug-likeness (QED) is 0.799. The SMILES string of the molecule is Cc1cc2ccc(OCc3cccnc3)cn2c1C(=O)O. The van der Waals surface area contributed by atoms with E-state index in [1.807, 2.05) is 30.3 Å². The zero-order valence-electron chi connectivity index (χ0n) is 11.5. The Morgan fingerprint density at radius 1 is 1.38 bits per heavy atom. The molecular weight excluding hydrogens is 268 g/mol. The van der Waals surface area contributed by atoms with Crippen LogP contribution in [0.4, 0.5) is 0 Å². The van der Waals surface area contributed by atoms with Gasteiger partial charge in [0, 0.05) is 23.5 Å². The molecule has 106 valence electrons. The number of hydrogen-bond donors (Lipinski definition) is 1. The van der Waals surface area contributed by atoms with E-state index in [9.17, 15) is 9.90 Å². The van der Waals surface area contributed by atoms with Crippen LogP contribution < -0.4 is 4.74 Å². The van der Waals surface area contributed by atoms with Crippen molar-refractivity contribution in [1.29, 1.82) is 0 Å². The number of nitrogens with zero attached hydrogens (tertiary/aromatic N) is 2. The summed E-state index contributed by atoms with van der Waals surface area (Å²) in [5.74, 6) is -0.332. The minimum absolute atomic E-state index is 0.261. The zero-order chi connectivity index (χ0) is 14.8. The maximum Gasteiger partial charge on any atom is 0.353 e. The largest absolute Gasteiger partial charge is 0.487 e.